The monoisotopic (exact) mass is 584 g/mol. The van der Waals surface area contributed by atoms with Gasteiger partial charge in [0.15, 0.2) is 11.4 Å². The third kappa shape index (κ3) is 5.13. The Morgan fingerprint density at radius 2 is 1.76 bits per heavy atom. The summed E-state index contributed by atoms with van der Waals surface area (Å²) in [5.41, 5.74) is 2.08. The zero-order valence-corrected chi connectivity index (χ0v) is 20.6. The number of aryl methyl sites for hydroxylation is 1. The molecule has 3 aromatic carbocycles. The maximum Gasteiger partial charge on any atom is 0.363 e. The van der Waals surface area contributed by atoms with E-state index in [1.165, 1.54) is 30.3 Å². The van der Waals surface area contributed by atoms with Gasteiger partial charge in [0.1, 0.15) is 0 Å². The van der Waals surface area contributed by atoms with Crippen LogP contribution in [0.25, 0.3) is 6.08 Å². The molecule has 1 aliphatic heterocycles. The van der Waals surface area contributed by atoms with E-state index in [0.717, 1.165) is 5.56 Å². The lowest BCUT2D eigenvalue weighted by atomic mass is 10.1. The number of nitro groups is 1. The third-order valence-corrected chi connectivity index (χ3v) is 5.80. The van der Waals surface area contributed by atoms with Crippen molar-refractivity contribution in [3.05, 3.63) is 108 Å². The largest absolute Gasteiger partial charge is 0.421 e. The predicted molar refractivity (Wildman–Crippen MR) is 132 cm³/mol. The Bertz CT molecular complexity index is 1380. The van der Waals surface area contributed by atoms with Gasteiger partial charge < -0.3 is 9.47 Å². The maximum absolute atomic E-state index is 12.7. The summed E-state index contributed by atoms with van der Waals surface area (Å²) in [5.74, 6) is -1.06. The predicted octanol–water partition coefficient (Wildman–Crippen LogP) is 5.99. The van der Waals surface area contributed by atoms with Crippen LogP contribution >= 0.6 is 31.9 Å². The Morgan fingerprint density at radius 1 is 1.09 bits per heavy atom. The SMILES string of the molecule is Cc1ccc(C(=O)Oc2c(Br)cc(Br)cc2/C=C2\N=C(c3ccc([N+](=O)[O-])cc3)OC2=O)cc1. The Labute approximate surface area is 210 Å². The molecule has 4 rings (SSSR count). The summed E-state index contributed by atoms with van der Waals surface area (Å²) in [7, 11) is 0. The molecular weight excluding hydrogens is 572 g/mol. The maximum atomic E-state index is 12.7. The van der Waals surface area contributed by atoms with Gasteiger partial charge in [0.25, 0.3) is 5.69 Å². The van der Waals surface area contributed by atoms with Crippen molar-refractivity contribution in [2.24, 2.45) is 4.99 Å². The molecule has 1 heterocycles. The van der Waals surface area contributed by atoms with E-state index in [9.17, 15) is 19.7 Å². The molecule has 0 saturated heterocycles. The fourth-order valence-corrected chi connectivity index (χ4v) is 4.38. The molecule has 0 radical (unpaired) electrons. The van der Waals surface area contributed by atoms with Crippen LogP contribution in [0.15, 0.2) is 80.3 Å². The van der Waals surface area contributed by atoms with Gasteiger partial charge in [-0.05, 0) is 65.3 Å². The van der Waals surface area contributed by atoms with Crippen molar-refractivity contribution in [1.82, 2.24) is 0 Å². The van der Waals surface area contributed by atoms with Gasteiger partial charge in [-0.3, -0.25) is 10.1 Å². The summed E-state index contributed by atoms with van der Waals surface area (Å²) >= 11 is 6.79. The number of rotatable bonds is 5. The summed E-state index contributed by atoms with van der Waals surface area (Å²) < 4.78 is 12.0. The summed E-state index contributed by atoms with van der Waals surface area (Å²) in [6.07, 6.45) is 1.44. The second kappa shape index (κ2) is 9.70. The van der Waals surface area contributed by atoms with Crippen LogP contribution in [0.4, 0.5) is 5.69 Å². The molecule has 1 aliphatic rings. The van der Waals surface area contributed by atoms with E-state index in [1.807, 2.05) is 6.92 Å². The normalized spacial score (nSPS) is 14.0. The number of ether oxygens (including phenoxy) is 2. The van der Waals surface area contributed by atoms with Gasteiger partial charge in [-0.15, -0.1) is 0 Å². The fraction of sp³-hybridized carbons (Fsp3) is 0.0417. The smallest absolute Gasteiger partial charge is 0.363 e. The van der Waals surface area contributed by atoms with E-state index in [1.54, 1.807) is 36.4 Å². The van der Waals surface area contributed by atoms with Gasteiger partial charge in [-0.2, -0.15) is 0 Å². The van der Waals surface area contributed by atoms with Crippen LogP contribution in [0.5, 0.6) is 5.75 Å². The van der Waals surface area contributed by atoms with Crippen LogP contribution in [0.3, 0.4) is 0 Å². The van der Waals surface area contributed by atoms with Crippen molar-refractivity contribution in [2.45, 2.75) is 6.92 Å². The molecule has 3 aromatic rings. The van der Waals surface area contributed by atoms with Crippen molar-refractivity contribution < 1.29 is 24.0 Å². The van der Waals surface area contributed by atoms with Crippen molar-refractivity contribution in [1.29, 1.82) is 0 Å². The topological polar surface area (TPSA) is 108 Å². The van der Waals surface area contributed by atoms with Crippen molar-refractivity contribution in [2.75, 3.05) is 0 Å². The number of nitro benzene ring substituents is 1. The second-order valence-corrected chi connectivity index (χ2v) is 8.97. The summed E-state index contributed by atoms with van der Waals surface area (Å²) in [4.78, 5) is 39.7. The number of non-ortho nitro benzene ring substituents is 1. The highest BCUT2D eigenvalue weighted by molar-refractivity contribution is 9.11. The van der Waals surface area contributed by atoms with Crippen LogP contribution in [-0.2, 0) is 9.53 Å². The minimum Gasteiger partial charge on any atom is -0.421 e. The first-order valence-electron chi connectivity index (χ1n) is 9.76. The summed E-state index contributed by atoms with van der Waals surface area (Å²) in [5, 5.41) is 10.8. The van der Waals surface area contributed by atoms with E-state index in [0.29, 0.717) is 25.6 Å². The minimum atomic E-state index is -0.708. The number of carbonyl (C=O) groups excluding carboxylic acids is 2. The molecule has 8 nitrogen and oxygen atoms in total. The Balaban J connectivity index is 1.67. The molecule has 0 aromatic heterocycles. The Morgan fingerprint density at radius 3 is 2.41 bits per heavy atom. The molecule has 0 atom stereocenters. The van der Waals surface area contributed by atoms with Crippen molar-refractivity contribution >= 4 is 61.5 Å². The third-order valence-electron chi connectivity index (χ3n) is 4.76. The second-order valence-electron chi connectivity index (χ2n) is 7.20. The van der Waals surface area contributed by atoms with Crippen LogP contribution in [0.1, 0.15) is 27.0 Å². The van der Waals surface area contributed by atoms with Gasteiger partial charge in [0.05, 0.1) is 15.0 Å². The van der Waals surface area contributed by atoms with Gasteiger partial charge in [0, 0.05) is 27.7 Å². The average Bonchev–Trinajstić information content (AvgIpc) is 3.16. The van der Waals surface area contributed by atoms with E-state index in [4.69, 9.17) is 9.47 Å². The lowest BCUT2D eigenvalue weighted by molar-refractivity contribution is -0.384. The van der Waals surface area contributed by atoms with Gasteiger partial charge in [0.2, 0.25) is 5.90 Å². The number of benzene rings is 3. The molecular formula is C24H14Br2N2O6. The molecule has 0 amide bonds. The zero-order valence-electron chi connectivity index (χ0n) is 17.5. The number of hydrogen-bond acceptors (Lipinski definition) is 7. The van der Waals surface area contributed by atoms with E-state index >= 15 is 0 Å². The minimum absolute atomic E-state index is 0.0124. The first kappa shape index (κ1) is 23.5. The van der Waals surface area contributed by atoms with Crippen molar-refractivity contribution in [3.8, 4) is 5.75 Å². The highest BCUT2D eigenvalue weighted by atomic mass is 79.9. The number of halogens is 2. The Hall–Kier alpha value is -3.63. The lowest BCUT2D eigenvalue weighted by Crippen LogP contribution is -2.10. The summed E-state index contributed by atoms with van der Waals surface area (Å²) in [6.45, 7) is 1.91. The quantitative estimate of drug-likeness (QED) is 0.120. The van der Waals surface area contributed by atoms with Gasteiger partial charge >= 0.3 is 11.9 Å². The molecule has 0 bridgehead atoms. The molecule has 34 heavy (non-hydrogen) atoms. The molecule has 0 saturated carbocycles. The number of nitrogens with zero attached hydrogens (tertiary/aromatic N) is 2. The number of esters is 2. The fourth-order valence-electron chi connectivity index (χ4n) is 3.04. The van der Waals surface area contributed by atoms with Crippen LogP contribution in [0.2, 0.25) is 0 Å². The van der Waals surface area contributed by atoms with E-state index < -0.39 is 16.9 Å². The number of cyclic esters (lactones) is 1. The summed E-state index contributed by atoms with van der Waals surface area (Å²) in [6, 6.07) is 15.8. The standard InChI is InChI=1S/C24H14Br2N2O6/c1-13-2-4-15(5-3-13)23(29)33-21-16(10-17(25)12-19(21)26)11-20-24(30)34-22(27-20)14-6-8-18(9-7-14)28(31)32/h2-12H,1H3/b20-11-. The van der Waals surface area contributed by atoms with Gasteiger partial charge in [-0.25, -0.2) is 14.6 Å². The first-order valence-corrected chi connectivity index (χ1v) is 11.3. The number of carbonyl (C=O) groups is 2. The number of hydrogen-bond donors (Lipinski definition) is 0. The molecule has 0 unspecified atom stereocenters. The van der Waals surface area contributed by atoms with Gasteiger partial charge in [-0.1, -0.05) is 33.6 Å². The number of aliphatic imine (C=N–C) groups is 1. The van der Waals surface area contributed by atoms with E-state index in [2.05, 4.69) is 36.9 Å². The molecule has 170 valence electrons. The Kier molecular flexibility index (Phi) is 6.71. The molecule has 0 spiro atoms. The molecule has 0 fully saturated rings. The zero-order chi connectivity index (χ0) is 24.4. The van der Waals surface area contributed by atoms with Crippen molar-refractivity contribution in [3.63, 3.8) is 0 Å². The highest BCUT2D eigenvalue weighted by Gasteiger charge is 2.26. The molecule has 0 aliphatic carbocycles. The molecule has 10 heteroatoms. The van der Waals surface area contributed by atoms with E-state index in [-0.39, 0.29) is 23.0 Å². The molecule has 0 N–H and O–H groups in total. The van der Waals surface area contributed by atoms with Crippen LogP contribution in [0, 0.1) is 17.0 Å². The highest BCUT2D eigenvalue weighted by Crippen LogP contribution is 2.36. The lowest BCUT2D eigenvalue weighted by Gasteiger charge is -2.11. The average molecular weight is 586 g/mol. The first-order chi connectivity index (χ1) is 16.2. The van der Waals surface area contributed by atoms with Crippen LogP contribution in [-0.4, -0.2) is 22.8 Å². The van der Waals surface area contributed by atoms with Crippen LogP contribution < -0.4 is 4.74 Å².